The number of rotatable bonds is 2. The zero-order valence-corrected chi connectivity index (χ0v) is 9.02. The molecule has 0 bridgehead atoms. The van der Waals surface area contributed by atoms with E-state index in [0.717, 1.165) is 12.1 Å². The average molecular weight is 250 g/mol. The van der Waals surface area contributed by atoms with Crippen LogP contribution in [0.1, 0.15) is 10.5 Å². The molecule has 18 heavy (non-hydrogen) atoms. The van der Waals surface area contributed by atoms with E-state index in [1.54, 1.807) is 0 Å². The fraction of sp³-hybridized carbons (Fsp3) is 0. The van der Waals surface area contributed by atoms with Gasteiger partial charge in [0.1, 0.15) is 17.5 Å². The van der Waals surface area contributed by atoms with E-state index in [1.165, 1.54) is 12.1 Å². The number of hydrogen-bond donors (Lipinski definition) is 2. The minimum absolute atomic E-state index is 0.0213. The van der Waals surface area contributed by atoms with Gasteiger partial charge in [0.05, 0.1) is 0 Å². The number of carbonyl (C=O) groups is 1. The highest BCUT2D eigenvalue weighted by molar-refractivity contribution is 5.94. The summed E-state index contributed by atoms with van der Waals surface area (Å²) in [6.07, 6.45) is 0. The summed E-state index contributed by atoms with van der Waals surface area (Å²) in [5, 5.41) is 8.98. The first kappa shape index (κ1) is 12.0. The van der Waals surface area contributed by atoms with Gasteiger partial charge in [0.15, 0.2) is 5.69 Å². The molecule has 0 saturated carbocycles. The van der Waals surface area contributed by atoms with Crippen molar-refractivity contribution in [3.63, 3.8) is 0 Å². The van der Waals surface area contributed by atoms with Crippen LogP contribution in [0.2, 0.25) is 0 Å². The summed E-state index contributed by atoms with van der Waals surface area (Å²) >= 11 is 0. The highest BCUT2D eigenvalue weighted by Gasteiger charge is 2.15. The zero-order chi connectivity index (χ0) is 13.3. The third-order valence-electron chi connectivity index (χ3n) is 2.29. The number of aromatic carboxylic acids is 1. The number of nitrogens with two attached hydrogens (primary N) is 1. The Kier molecular flexibility index (Phi) is 2.93. The summed E-state index contributed by atoms with van der Waals surface area (Å²) < 4.78 is 26.2. The lowest BCUT2D eigenvalue weighted by Crippen LogP contribution is -2.05. The van der Waals surface area contributed by atoms with E-state index < -0.39 is 17.6 Å². The van der Waals surface area contributed by atoms with Crippen LogP contribution in [-0.4, -0.2) is 16.1 Å². The van der Waals surface area contributed by atoms with Crippen LogP contribution in [0.5, 0.6) is 0 Å². The van der Waals surface area contributed by atoms with Crippen LogP contribution in [-0.2, 0) is 0 Å². The van der Waals surface area contributed by atoms with Gasteiger partial charge in [0.2, 0.25) is 0 Å². The second kappa shape index (κ2) is 4.40. The van der Waals surface area contributed by atoms with Gasteiger partial charge in [-0.15, -0.1) is 0 Å². The predicted molar refractivity (Wildman–Crippen MR) is 61.0 cm³/mol. The van der Waals surface area contributed by atoms with E-state index >= 15 is 0 Å². The predicted octanol–water partition coefficient (Wildman–Crippen LogP) is 2.31. The van der Waals surface area contributed by atoms with Gasteiger partial charge in [-0.05, 0) is 29.8 Å². The first-order valence-electron chi connectivity index (χ1n) is 4.93. The molecular weight excluding hydrogens is 242 g/mol. The molecule has 0 spiro atoms. The van der Waals surface area contributed by atoms with Crippen molar-refractivity contribution in [3.05, 3.63) is 47.7 Å². The Labute approximate surface area is 101 Å². The van der Waals surface area contributed by atoms with Crippen molar-refractivity contribution >= 4 is 11.8 Å². The maximum absolute atomic E-state index is 13.1. The summed E-state index contributed by atoms with van der Waals surface area (Å²) in [5.41, 5.74) is 5.23. The van der Waals surface area contributed by atoms with Gasteiger partial charge in [-0.3, -0.25) is 0 Å². The van der Waals surface area contributed by atoms with Crippen LogP contribution in [0, 0.1) is 11.6 Å². The first-order valence-corrected chi connectivity index (χ1v) is 4.93. The van der Waals surface area contributed by atoms with Crippen molar-refractivity contribution in [3.8, 4) is 11.1 Å². The molecule has 3 N–H and O–H groups in total. The number of anilines is 1. The minimum Gasteiger partial charge on any atom is -0.476 e. The molecule has 2 aromatic rings. The molecule has 0 saturated heterocycles. The number of nitrogen functional groups attached to an aromatic ring is 1. The molecule has 92 valence electrons. The van der Waals surface area contributed by atoms with Crippen molar-refractivity contribution in [2.45, 2.75) is 0 Å². The van der Waals surface area contributed by atoms with Gasteiger partial charge in [-0.1, -0.05) is 0 Å². The topological polar surface area (TPSA) is 76.2 Å². The highest BCUT2D eigenvalue weighted by atomic mass is 19.1. The van der Waals surface area contributed by atoms with E-state index in [1.807, 2.05) is 0 Å². The lowest BCUT2D eigenvalue weighted by atomic mass is 10.0. The Hall–Kier alpha value is -2.50. The summed E-state index contributed by atoms with van der Waals surface area (Å²) in [4.78, 5) is 14.7. The van der Waals surface area contributed by atoms with Gasteiger partial charge in [0, 0.05) is 11.6 Å². The van der Waals surface area contributed by atoms with Crippen LogP contribution in [0.4, 0.5) is 14.6 Å². The summed E-state index contributed by atoms with van der Waals surface area (Å²) in [6, 6.07) is 5.49. The van der Waals surface area contributed by atoms with Crippen molar-refractivity contribution in [2.75, 3.05) is 5.73 Å². The van der Waals surface area contributed by atoms with Crippen LogP contribution < -0.4 is 5.73 Å². The van der Waals surface area contributed by atoms with Crippen molar-refractivity contribution in [2.24, 2.45) is 0 Å². The number of pyridine rings is 1. The maximum atomic E-state index is 13.1. The van der Waals surface area contributed by atoms with Gasteiger partial charge >= 0.3 is 5.97 Å². The van der Waals surface area contributed by atoms with Gasteiger partial charge in [-0.2, -0.15) is 0 Å². The van der Waals surface area contributed by atoms with Crippen molar-refractivity contribution in [1.82, 2.24) is 4.98 Å². The third kappa shape index (κ3) is 2.27. The maximum Gasteiger partial charge on any atom is 0.355 e. The average Bonchev–Trinajstić information content (AvgIpc) is 2.27. The van der Waals surface area contributed by atoms with Crippen molar-refractivity contribution in [1.29, 1.82) is 0 Å². The summed E-state index contributed by atoms with van der Waals surface area (Å²) in [7, 11) is 0. The molecule has 0 aliphatic rings. The molecule has 0 radical (unpaired) electrons. The Morgan fingerprint density at radius 3 is 2.33 bits per heavy atom. The third-order valence-corrected chi connectivity index (χ3v) is 2.29. The lowest BCUT2D eigenvalue weighted by molar-refractivity contribution is 0.0691. The second-order valence-corrected chi connectivity index (χ2v) is 3.60. The highest BCUT2D eigenvalue weighted by Crippen LogP contribution is 2.25. The molecule has 6 heteroatoms. The molecule has 1 aromatic heterocycles. The number of benzene rings is 1. The fourth-order valence-electron chi connectivity index (χ4n) is 1.58. The molecule has 2 rings (SSSR count). The Morgan fingerprint density at radius 1 is 1.17 bits per heavy atom. The number of hydrogen-bond acceptors (Lipinski definition) is 3. The molecule has 0 unspecified atom stereocenters. The van der Waals surface area contributed by atoms with Gasteiger partial charge in [0.25, 0.3) is 0 Å². The molecular formula is C12H8F2N2O2. The Bertz CT molecular complexity index is 609. The van der Waals surface area contributed by atoms with E-state index in [-0.39, 0.29) is 22.6 Å². The Balaban J connectivity index is 2.66. The van der Waals surface area contributed by atoms with Crippen LogP contribution in [0.25, 0.3) is 11.1 Å². The quantitative estimate of drug-likeness (QED) is 0.857. The van der Waals surface area contributed by atoms with Gasteiger partial charge in [-0.25, -0.2) is 18.6 Å². The smallest absolute Gasteiger partial charge is 0.355 e. The second-order valence-electron chi connectivity index (χ2n) is 3.60. The number of aromatic nitrogens is 1. The molecule has 0 amide bonds. The number of carboxylic acids is 1. The van der Waals surface area contributed by atoms with E-state index in [2.05, 4.69) is 4.98 Å². The standard InChI is InChI=1S/C12H8F2N2O2/c13-7-3-6(4-8(14)5-7)9-1-2-10(15)16-11(9)12(17)18/h1-5H,(H2,15,16)(H,17,18). The van der Waals surface area contributed by atoms with Crippen molar-refractivity contribution < 1.29 is 18.7 Å². The molecule has 0 fully saturated rings. The van der Waals surface area contributed by atoms with Gasteiger partial charge < -0.3 is 10.8 Å². The molecule has 0 atom stereocenters. The first-order chi connectivity index (χ1) is 8.47. The number of halogens is 2. The molecule has 1 aromatic carbocycles. The normalized spacial score (nSPS) is 10.3. The summed E-state index contributed by atoms with van der Waals surface area (Å²) in [5.74, 6) is -2.88. The van der Waals surface area contributed by atoms with Crippen LogP contribution >= 0.6 is 0 Å². The molecule has 0 aliphatic heterocycles. The number of nitrogens with zero attached hydrogens (tertiary/aromatic N) is 1. The molecule has 0 aliphatic carbocycles. The van der Waals surface area contributed by atoms with E-state index in [9.17, 15) is 13.6 Å². The fourth-order valence-corrected chi connectivity index (χ4v) is 1.58. The Morgan fingerprint density at radius 2 is 1.78 bits per heavy atom. The lowest BCUT2D eigenvalue weighted by Gasteiger charge is -2.06. The van der Waals surface area contributed by atoms with Crippen LogP contribution in [0.3, 0.4) is 0 Å². The van der Waals surface area contributed by atoms with E-state index in [0.29, 0.717) is 6.07 Å². The largest absolute Gasteiger partial charge is 0.476 e. The SMILES string of the molecule is Nc1ccc(-c2cc(F)cc(F)c2)c(C(=O)O)n1. The number of carboxylic acid groups (broad SMARTS) is 1. The minimum atomic E-state index is -1.32. The van der Waals surface area contributed by atoms with Crippen LogP contribution in [0.15, 0.2) is 30.3 Å². The monoisotopic (exact) mass is 250 g/mol. The molecule has 1 heterocycles. The molecule has 4 nitrogen and oxygen atoms in total. The zero-order valence-electron chi connectivity index (χ0n) is 9.02. The van der Waals surface area contributed by atoms with E-state index in [4.69, 9.17) is 10.8 Å². The summed E-state index contributed by atoms with van der Waals surface area (Å²) in [6.45, 7) is 0.